The number of guanidine groups is 2. The van der Waals surface area contributed by atoms with E-state index < -0.39 is 64.4 Å². The Morgan fingerprint density at radius 1 is 0.695 bits per heavy atom. The standard InChI is InChI=1S/C34H45F6N13O4S2/c1-3-47-24(30(57)53-23-16-19(34(38,39)40)14-21(28(23)59-11-7-42)51-26(55)5-9-49-32(45)46)12-17(2)29(56)52-22-15-18(33(35,36)37)13-20(27(22)58-10-6-41)50-25(54)4-8-48-31(43)44/h3,12-17H,4-11,41-42H2,1-2H3,(H,50,54)(H,51,55)(H,52,56)(H,53,57)(H4,43,44,48)(H4,45,46,49)/b24-12-,47-3?. The molecule has 0 aliphatic rings. The summed E-state index contributed by atoms with van der Waals surface area (Å²) in [6.45, 7) is 2.48. The fraction of sp³-hybridized carbons (Fsp3) is 0.382. The average molecular weight is 878 g/mol. The second-order valence-electron chi connectivity index (χ2n) is 12.0. The minimum Gasteiger partial charge on any atom is -0.370 e. The number of hydrogen-bond acceptors (Lipinski definition) is 11. The SMILES string of the molecule is CC=N/C(=C\C(C)C(=O)Nc1cc(C(F)(F)F)cc(NC(=O)CCN=C(N)N)c1SCCN)C(=O)Nc1cc(C(F)(F)F)cc(NC(=O)CCN=C(N)N)c1SCCN. The van der Waals surface area contributed by atoms with Gasteiger partial charge in [-0.3, -0.25) is 34.2 Å². The number of thioether (sulfide) groups is 2. The molecule has 2 aromatic rings. The van der Waals surface area contributed by atoms with E-state index in [1.54, 1.807) is 0 Å². The molecule has 1 atom stereocenters. The first-order chi connectivity index (χ1) is 27.6. The van der Waals surface area contributed by atoms with Crippen LogP contribution in [0.4, 0.5) is 49.1 Å². The third-order valence-corrected chi connectivity index (χ3v) is 9.54. The molecule has 25 heteroatoms. The van der Waals surface area contributed by atoms with Crippen LogP contribution in [-0.4, -0.2) is 79.4 Å². The molecule has 16 N–H and O–H groups in total. The van der Waals surface area contributed by atoms with Gasteiger partial charge in [-0.15, -0.1) is 23.5 Å². The van der Waals surface area contributed by atoms with Crippen LogP contribution < -0.4 is 55.7 Å². The summed E-state index contributed by atoms with van der Waals surface area (Å²) in [6.07, 6.45) is -8.29. The lowest BCUT2D eigenvalue weighted by molar-refractivity contribution is -0.138. The summed E-state index contributed by atoms with van der Waals surface area (Å²) in [4.78, 5) is 63.9. The van der Waals surface area contributed by atoms with Crippen molar-refractivity contribution in [3.05, 3.63) is 47.2 Å². The highest BCUT2D eigenvalue weighted by Crippen LogP contribution is 2.43. The van der Waals surface area contributed by atoms with Gasteiger partial charge in [0, 0.05) is 43.7 Å². The van der Waals surface area contributed by atoms with Crippen LogP contribution in [0, 0.1) is 5.92 Å². The van der Waals surface area contributed by atoms with Gasteiger partial charge < -0.3 is 55.7 Å². The second-order valence-corrected chi connectivity index (χ2v) is 14.2. The van der Waals surface area contributed by atoms with Crippen molar-refractivity contribution in [2.24, 2.45) is 55.3 Å². The molecule has 0 aliphatic heterocycles. The number of nitrogens with two attached hydrogens (primary N) is 6. The third kappa shape index (κ3) is 16.7. The van der Waals surface area contributed by atoms with E-state index in [0.717, 1.165) is 35.8 Å². The van der Waals surface area contributed by atoms with E-state index in [2.05, 4.69) is 36.2 Å². The smallest absolute Gasteiger partial charge is 0.370 e. The summed E-state index contributed by atoms with van der Waals surface area (Å²) in [5, 5.41) is 9.54. The van der Waals surface area contributed by atoms with Crippen molar-refractivity contribution < 1.29 is 45.5 Å². The second kappa shape index (κ2) is 23.2. The van der Waals surface area contributed by atoms with Crippen LogP contribution >= 0.6 is 23.5 Å². The number of carbonyl (C=O) groups excluding carboxylic acids is 4. The minimum absolute atomic E-state index is 0.00352. The molecule has 1 unspecified atom stereocenters. The zero-order chi connectivity index (χ0) is 44.5. The summed E-state index contributed by atoms with van der Waals surface area (Å²) in [5.74, 6) is -5.15. The lowest BCUT2D eigenvalue weighted by Gasteiger charge is -2.20. The Hall–Kier alpha value is -5.53. The van der Waals surface area contributed by atoms with Crippen molar-refractivity contribution >= 4 is 88.0 Å². The van der Waals surface area contributed by atoms with Crippen LogP contribution in [0.2, 0.25) is 0 Å². The molecule has 324 valence electrons. The van der Waals surface area contributed by atoms with E-state index in [1.807, 2.05) is 0 Å². The van der Waals surface area contributed by atoms with Gasteiger partial charge in [-0.2, -0.15) is 26.3 Å². The van der Waals surface area contributed by atoms with E-state index in [9.17, 15) is 45.5 Å². The Labute approximate surface area is 343 Å². The first-order valence-electron chi connectivity index (χ1n) is 17.3. The minimum atomic E-state index is -4.94. The van der Waals surface area contributed by atoms with Crippen LogP contribution in [-0.2, 0) is 31.5 Å². The van der Waals surface area contributed by atoms with E-state index in [-0.39, 0.29) is 89.3 Å². The number of amides is 4. The van der Waals surface area contributed by atoms with Crippen molar-refractivity contribution in [1.82, 2.24) is 0 Å². The van der Waals surface area contributed by atoms with Crippen molar-refractivity contribution in [3.63, 3.8) is 0 Å². The number of aliphatic imine (C=N–C) groups is 3. The monoisotopic (exact) mass is 877 g/mol. The molecule has 0 saturated heterocycles. The molecule has 0 saturated carbocycles. The molecule has 0 fully saturated rings. The Bertz CT molecular complexity index is 1950. The molecule has 2 aromatic carbocycles. The predicted molar refractivity (Wildman–Crippen MR) is 219 cm³/mol. The number of hydrogen-bond donors (Lipinski definition) is 10. The topological polar surface area (TPSA) is 310 Å². The van der Waals surface area contributed by atoms with Gasteiger partial charge in [0.05, 0.1) is 62.7 Å². The van der Waals surface area contributed by atoms with Gasteiger partial charge in [-0.05, 0) is 44.2 Å². The molecule has 0 radical (unpaired) electrons. The van der Waals surface area contributed by atoms with Crippen molar-refractivity contribution in [2.75, 3.05) is 59.0 Å². The fourth-order valence-corrected chi connectivity index (χ4v) is 6.36. The highest BCUT2D eigenvalue weighted by molar-refractivity contribution is 7.99. The molecule has 0 bridgehead atoms. The number of nitrogens with zero attached hydrogens (tertiary/aromatic N) is 3. The van der Waals surface area contributed by atoms with Gasteiger partial charge in [-0.25, -0.2) is 0 Å². The maximum absolute atomic E-state index is 14.1. The Morgan fingerprint density at radius 2 is 1.08 bits per heavy atom. The number of nitrogens with one attached hydrogen (secondary N) is 4. The first-order valence-corrected chi connectivity index (χ1v) is 19.3. The Balaban J connectivity index is 2.59. The van der Waals surface area contributed by atoms with Crippen LogP contribution in [0.1, 0.15) is 37.8 Å². The summed E-state index contributed by atoms with van der Waals surface area (Å²) >= 11 is 1.87. The summed E-state index contributed by atoms with van der Waals surface area (Å²) in [7, 11) is 0. The number of anilines is 4. The van der Waals surface area contributed by atoms with Crippen LogP contribution in [0.15, 0.2) is 60.8 Å². The molecular formula is C34H45F6N13O4S2. The molecular weight excluding hydrogens is 833 g/mol. The van der Waals surface area contributed by atoms with Crippen LogP contribution in [0.5, 0.6) is 0 Å². The molecule has 0 spiro atoms. The lowest BCUT2D eigenvalue weighted by atomic mass is 10.1. The van der Waals surface area contributed by atoms with Gasteiger partial charge in [-0.1, -0.05) is 0 Å². The zero-order valence-electron chi connectivity index (χ0n) is 31.7. The predicted octanol–water partition coefficient (Wildman–Crippen LogP) is 3.22. The lowest BCUT2D eigenvalue weighted by Crippen LogP contribution is -2.24. The van der Waals surface area contributed by atoms with Crippen LogP contribution in [0.3, 0.4) is 0 Å². The third-order valence-electron chi connectivity index (χ3n) is 7.20. The van der Waals surface area contributed by atoms with Gasteiger partial charge in [0.2, 0.25) is 17.7 Å². The van der Waals surface area contributed by atoms with Crippen molar-refractivity contribution in [3.8, 4) is 0 Å². The van der Waals surface area contributed by atoms with Gasteiger partial charge >= 0.3 is 12.4 Å². The number of alkyl halides is 6. The van der Waals surface area contributed by atoms with Gasteiger partial charge in [0.1, 0.15) is 5.70 Å². The first kappa shape index (κ1) is 49.6. The highest BCUT2D eigenvalue weighted by atomic mass is 32.2. The van der Waals surface area contributed by atoms with Crippen molar-refractivity contribution in [1.29, 1.82) is 0 Å². The maximum Gasteiger partial charge on any atom is 0.416 e. The molecule has 0 aliphatic carbocycles. The van der Waals surface area contributed by atoms with Gasteiger partial charge in [0.25, 0.3) is 5.91 Å². The zero-order valence-corrected chi connectivity index (χ0v) is 33.4. The quantitative estimate of drug-likeness (QED) is 0.0302. The number of halogens is 6. The molecule has 0 aromatic heterocycles. The number of benzene rings is 2. The largest absolute Gasteiger partial charge is 0.416 e. The van der Waals surface area contributed by atoms with E-state index >= 15 is 0 Å². The molecule has 2 rings (SSSR count). The summed E-state index contributed by atoms with van der Waals surface area (Å²) in [5.41, 5.74) is 28.1. The normalized spacial score (nSPS) is 12.4. The molecule has 59 heavy (non-hydrogen) atoms. The maximum atomic E-state index is 14.1. The number of rotatable bonds is 20. The Morgan fingerprint density at radius 3 is 1.44 bits per heavy atom. The molecule has 4 amide bonds. The highest BCUT2D eigenvalue weighted by Gasteiger charge is 2.34. The van der Waals surface area contributed by atoms with E-state index in [0.29, 0.717) is 24.3 Å². The van der Waals surface area contributed by atoms with Crippen LogP contribution in [0.25, 0.3) is 0 Å². The summed E-state index contributed by atoms with van der Waals surface area (Å²) < 4.78 is 84.4. The van der Waals surface area contributed by atoms with Crippen molar-refractivity contribution in [2.45, 2.75) is 48.8 Å². The van der Waals surface area contributed by atoms with E-state index in [4.69, 9.17) is 34.4 Å². The number of carbonyl (C=O) groups is 4. The average Bonchev–Trinajstić information content (AvgIpc) is 3.12. The summed E-state index contributed by atoms with van der Waals surface area (Å²) in [6, 6.07) is 2.66. The van der Waals surface area contributed by atoms with E-state index in [1.165, 1.54) is 13.8 Å². The molecule has 0 heterocycles. The molecule has 17 nitrogen and oxygen atoms in total. The fourth-order valence-electron chi connectivity index (χ4n) is 4.65. The van der Waals surface area contributed by atoms with Gasteiger partial charge in [0.15, 0.2) is 11.9 Å². The Kier molecular flexibility index (Phi) is 19.5.